The van der Waals surface area contributed by atoms with Crippen molar-refractivity contribution in [2.75, 3.05) is 24.4 Å². The highest BCUT2D eigenvalue weighted by Crippen LogP contribution is 2.32. The van der Waals surface area contributed by atoms with Crippen molar-refractivity contribution in [1.82, 2.24) is 10.2 Å². The standard InChI is InChI=1S/C12H22N2OS2.ClH/c1-3-17-10-5-4-9(6-10)14(2)12(15)11-7-16-8-13-11;/h9-11,13H,3-8H2,1-2H3;1H. The minimum Gasteiger partial charge on any atom is -0.341 e. The van der Waals surface area contributed by atoms with Crippen molar-refractivity contribution in [3.8, 4) is 0 Å². The molecule has 106 valence electrons. The zero-order chi connectivity index (χ0) is 12.3. The monoisotopic (exact) mass is 310 g/mol. The minimum absolute atomic E-state index is 0. The number of carbonyl (C=O) groups excluding carboxylic acids is 1. The van der Waals surface area contributed by atoms with Gasteiger partial charge in [-0.3, -0.25) is 10.1 Å². The van der Waals surface area contributed by atoms with Crippen LogP contribution in [-0.4, -0.2) is 52.6 Å². The van der Waals surface area contributed by atoms with Gasteiger partial charge in [-0.05, 0) is 25.0 Å². The Hall–Kier alpha value is 0.420. The molecule has 2 rings (SSSR count). The van der Waals surface area contributed by atoms with Gasteiger partial charge >= 0.3 is 0 Å². The fourth-order valence-electron chi connectivity index (χ4n) is 2.64. The molecule has 1 N–H and O–H groups in total. The molecule has 0 aromatic rings. The predicted molar refractivity (Wildman–Crippen MR) is 83.8 cm³/mol. The molecule has 0 spiro atoms. The van der Waals surface area contributed by atoms with Crippen molar-refractivity contribution in [1.29, 1.82) is 0 Å². The quantitative estimate of drug-likeness (QED) is 0.863. The Morgan fingerprint density at radius 1 is 1.50 bits per heavy atom. The molecule has 6 heteroatoms. The van der Waals surface area contributed by atoms with Crippen molar-refractivity contribution >= 4 is 41.8 Å². The molecule has 1 aliphatic heterocycles. The lowest BCUT2D eigenvalue weighted by atomic mass is 10.2. The van der Waals surface area contributed by atoms with E-state index in [-0.39, 0.29) is 18.4 Å². The lowest BCUT2D eigenvalue weighted by Crippen LogP contribution is -2.46. The number of likely N-dealkylation sites (N-methyl/N-ethyl adjacent to an activating group) is 1. The first-order valence-electron chi connectivity index (χ1n) is 6.41. The molecule has 1 saturated heterocycles. The summed E-state index contributed by atoms with van der Waals surface area (Å²) in [5, 5.41) is 4.03. The lowest BCUT2D eigenvalue weighted by Gasteiger charge is -2.27. The van der Waals surface area contributed by atoms with Gasteiger partial charge in [0.05, 0.1) is 6.04 Å². The number of halogens is 1. The minimum atomic E-state index is 0. The largest absolute Gasteiger partial charge is 0.341 e. The first-order chi connectivity index (χ1) is 8.22. The molecule has 2 fully saturated rings. The SMILES string of the molecule is CCSC1CCC(N(C)C(=O)C2CSCN2)C1.Cl. The van der Waals surface area contributed by atoms with Crippen LogP contribution in [0.4, 0.5) is 0 Å². The Morgan fingerprint density at radius 2 is 2.28 bits per heavy atom. The summed E-state index contributed by atoms with van der Waals surface area (Å²) in [5.41, 5.74) is 0. The van der Waals surface area contributed by atoms with Crippen LogP contribution in [0.2, 0.25) is 0 Å². The summed E-state index contributed by atoms with van der Waals surface area (Å²) in [4.78, 5) is 14.2. The van der Waals surface area contributed by atoms with Gasteiger partial charge in [0.15, 0.2) is 0 Å². The number of thioether (sulfide) groups is 2. The second-order valence-corrected chi connectivity index (χ2v) is 7.37. The number of amides is 1. The van der Waals surface area contributed by atoms with Gasteiger partial charge < -0.3 is 4.90 Å². The van der Waals surface area contributed by atoms with Gasteiger partial charge in [0.25, 0.3) is 0 Å². The Morgan fingerprint density at radius 3 is 2.89 bits per heavy atom. The normalized spacial score (nSPS) is 31.1. The molecule has 1 amide bonds. The van der Waals surface area contributed by atoms with Gasteiger partial charge in [-0.2, -0.15) is 11.8 Å². The van der Waals surface area contributed by atoms with Crippen LogP contribution in [0.3, 0.4) is 0 Å². The van der Waals surface area contributed by atoms with Gasteiger partial charge in [-0.25, -0.2) is 0 Å². The third-order valence-corrected chi connectivity index (χ3v) is 5.84. The van der Waals surface area contributed by atoms with Crippen LogP contribution >= 0.6 is 35.9 Å². The Balaban J connectivity index is 0.00000162. The summed E-state index contributed by atoms with van der Waals surface area (Å²) in [6, 6.07) is 0.529. The molecule has 3 unspecified atom stereocenters. The van der Waals surface area contributed by atoms with Crippen molar-refractivity contribution in [3.63, 3.8) is 0 Å². The number of hydrogen-bond acceptors (Lipinski definition) is 4. The van der Waals surface area contributed by atoms with Gasteiger partial charge in [0.2, 0.25) is 5.91 Å². The zero-order valence-electron chi connectivity index (χ0n) is 11.1. The number of hydrogen-bond donors (Lipinski definition) is 1. The molecule has 0 aromatic carbocycles. The van der Waals surface area contributed by atoms with Gasteiger partial charge in [-0.1, -0.05) is 6.92 Å². The van der Waals surface area contributed by atoms with E-state index < -0.39 is 0 Å². The second-order valence-electron chi connectivity index (χ2n) is 4.77. The van der Waals surface area contributed by atoms with Crippen LogP contribution in [0.1, 0.15) is 26.2 Å². The molecular weight excluding hydrogens is 288 g/mol. The van der Waals surface area contributed by atoms with E-state index in [9.17, 15) is 4.79 Å². The molecule has 1 aliphatic carbocycles. The molecule has 0 bridgehead atoms. The van der Waals surface area contributed by atoms with E-state index in [0.717, 1.165) is 16.9 Å². The first kappa shape index (κ1) is 16.5. The van der Waals surface area contributed by atoms with Crippen molar-refractivity contribution in [3.05, 3.63) is 0 Å². The van der Waals surface area contributed by atoms with Gasteiger partial charge in [-0.15, -0.1) is 24.2 Å². The molecule has 3 nitrogen and oxygen atoms in total. The summed E-state index contributed by atoms with van der Waals surface area (Å²) >= 11 is 3.86. The molecule has 18 heavy (non-hydrogen) atoms. The lowest BCUT2D eigenvalue weighted by molar-refractivity contribution is -0.133. The average Bonchev–Trinajstić information content (AvgIpc) is 2.98. The second kappa shape index (κ2) is 7.88. The van der Waals surface area contributed by atoms with Crippen LogP contribution < -0.4 is 5.32 Å². The molecule has 0 radical (unpaired) electrons. The highest BCUT2D eigenvalue weighted by Gasteiger charge is 2.33. The van der Waals surface area contributed by atoms with E-state index >= 15 is 0 Å². The molecular formula is C12H23ClN2OS2. The maximum Gasteiger partial charge on any atom is 0.240 e. The van der Waals surface area contributed by atoms with E-state index in [1.807, 2.05) is 35.5 Å². The van der Waals surface area contributed by atoms with Crippen LogP contribution in [-0.2, 0) is 4.79 Å². The summed E-state index contributed by atoms with van der Waals surface area (Å²) in [5.74, 6) is 3.34. The summed E-state index contributed by atoms with van der Waals surface area (Å²) < 4.78 is 0. The summed E-state index contributed by atoms with van der Waals surface area (Å²) in [6.45, 7) is 2.21. The van der Waals surface area contributed by atoms with E-state index in [2.05, 4.69) is 12.2 Å². The van der Waals surface area contributed by atoms with E-state index in [1.165, 1.54) is 25.0 Å². The average molecular weight is 311 g/mol. The first-order valence-corrected chi connectivity index (χ1v) is 8.62. The molecule has 0 aromatic heterocycles. The summed E-state index contributed by atoms with van der Waals surface area (Å²) in [6.07, 6.45) is 3.63. The van der Waals surface area contributed by atoms with Crippen LogP contribution in [0, 0.1) is 0 Å². The third-order valence-electron chi connectivity index (χ3n) is 3.67. The smallest absolute Gasteiger partial charge is 0.240 e. The topological polar surface area (TPSA) is 32.3 Å². The number of nitrogens with zero attached hydrogens (tertiary/aromatic N) is 1. The number of nitrogens with one attached hydrogen (secondary N) is 1. The summed E-state index contributed by atoms with van der Waals surface area (Å²) in [7, 11) is 1.98. The number of rotatable bonds is 4. The maximum atomic E-state index is 12.2. The fraction of sp³-hybridized carbons (Fsp3) is 0.917. The molecule has 2 aliphatic rings. The van der Waals surface area contributed by atoms with Crippen LogP contribution in [0.15, 0.2) is 0 Å². The molecule has 1 saturated carbocycles. The van der Waals surface area contributed by atoms with Gasteiger partial charge in [0.1, 0.15) is 0 Å². The van der Waals surface area contributed by atoms with Gasteiger partial charge in [0, 0.05) is 30.0 Å². The van der Waals surface area contributed by atoms with Crippen molar-refractivity contribution in [2.24, 2.45) is 0 Å². The van der Waals surface area contributed by atoms with Crippen LogP contribution in [0.5, 0.6) is 0 Å². The highest BCUT2D eigenvalue weighted by molar-refractivity contribution is 8.00. The third kappa shape index (κ3) is 3.95. The van der Waals surface area contributed by atoms with Crippen molar-refractivity contribution < 1.29 is 4.79 Å². The molecule has 3 atom stereocenters. The van der Waals surface area contributed by atoms with Crippen molar-refractivity contribution in [2.45, 2.75) is 43.5 Å². The Kier molecular flexibility index (Phi) is 7.21. The van der Waals surface area contributed by atoms with Crippen LogP contribution in [0.25, 0.3) is 0 Å². The molecule has 1 heterocycles. The number of carbonyl (C=O) groups is 1. The Labute approximate surface area is 125 Å². The van der Waals surface area contributed by atoms with E-state index in [4.69, 9.17) is 0 Å². The van der Waals surface area contributed by atoms with E-state index in [1.54, 1.807) is 0 Å². The predicted octanol–water partition coefficient (Wildman–Crippen LogP) is 2.20. The van der Waals surface area contributed by atoms with E-state index in [0.29, 0.717) is 11.9 Å². The Bertz CT molecular complexity index is 275. The highest BCUT2D eigenvalue weighted by atomic mass is 35.5. The maximum absolute atomic E-state index is 12.2. The zero-order valence-corrected chi connectivity index (χ0v) is 13.5. The fourth-order valence-corrected chi connectivity index (χ4v) is 4.70.